The van der Waals surface area contributed by atoms with E-state index in [1.54, 1.807) is 19.2 Å². The first-order chi connectivity index (χ1) is 17.2. The molecule has 2 N–H and O–H groups in total. The van der Waals surface area contributed by atoms with E-state index in [9.17, 15) is 14.0 Å². The summed E-state index contributed by atoms with van der Waals surface area (Å²) >= 11 is 0. The molecule has 1 heterocycles. The van der Waals surface area contributed by atoms with E-state index < -0.39 is 11.6 Å². The number of ether oxygens (including phenoxy) is 1. The number of carbonyl (C=O) groups is 2. The number of nitrogens with one attached hydrogen (secondary N) is 2. The van der Waals surface area contributed by atoms with Crippen molar-refractivity contribution in [3.63, 3.8) is 0 Å². The van der Waals surface area contributed by atoms with E-state index in [1.807, 2.05) is 31.7 Å². The van der Waals surface area contributed by atoms with Crippen LogP contribution in [0.4, 0.5) is 9.18 Å². The Morgan fingerprint density at radius 3 is 2.33 bits per heavy atom. The summed E-state index contributed by atoms with van der Waals surface area (Å²) in [4.78, 5) is 28.3. The molecule has 196 valence electrons. The molecule has 36 heavy (non-hydrogen) atoms. The first-order valence-corrected chi connectivity index (χ1v) is 12.8. The fourth-order valence-corrected chi connectivity index (χ4v) is 4.95. The first-order valence-electron chi connectivity index (χ1n) is 12.8. The summed E-state index contributed by atoms with van der Waals surface area (Å²) in [6.07, 6.45) is 2.82. The molecule has 0 radical (unpaired) electrons. The molecule has 0 saturated carbocycles. The lowest BCUT2D eigenvalue weighted by atomic mass is 9.89. The molecule has 3 rings (SSSR count). The lowest BCUT2D eigenvalue weighted by Gasteiger charge is -2.34. The summed E-state index contributed by atoms with van der Waals surface area (Å²) in [5.41, 5.74) is 1.67. The monoisotopic (exact) mass is 497 g/mol. The van der Waals surface area contributed by atoms with Crippen molar-refractivity contribution >= 4 is 11.9 Å². The van der Waals surface area contributed by atoms with Gasteiger partial charge in [-0.2, -0.15) is 0 Å². The van der Waals surface area contributed by atoms with E-state index in [4.69, 9.17) is 4.74 Å². The van der Waals surface area contributed by atoms with Gasteiger partial charge in [0, 0.05) is 32.3 Å². The molecule has 3 amide bonds. The summed E-state index contributed by atoms with van der Waals surface area (Å²) in [6.45, 7) is 7.68. The number of benzene rings is 2. The molecule has 0 aliphatic carbocycles. The van der Waals surface area contributed by atoms with Gasteiger partial charge in [-0.3, -0.25) is 4.79 Å². The Balaban J connectivity index is 1.61. The topological polar surface area (TPSA) is 70.7 Å². The van der Waals surface area contributed by atoms with Crippen LogP contribution in [0.1, 0.15) is 57.1 Å². The van der Waals surface area contributed by atoms with Gasteiger partial charge in [0.1, 0.15) is 11.9 Å². The van der Waals surface area contributed by atoms with E-state index in [-0.39, 0.29) is 23.7 Å². The van der Waals surface area contributed by atoms with Crippen LogP contribution in [0.5, 0.6) is 0 Å². The summed E-state index contributed by atoms with van der Waals surface area (Å²) in [6, 6.07) is 15.8. The highest BCUT2D eigenvalue weighted by atomic mass is 19.1. The lowest BCUT2D eigenvalue weighted by molar-refractivity contribution is -0.125. The van der Waals surface area contributed by atoms with Gasteiger partial charge in [-0.05, 0) is 74.6 Å². The summed E-state index contributed by atoms with van der Waals surface area (Å²) < 4.78 is 18.5. The average Bonchev–Trinajstić information content (AvgIpc) is 2.85. The predicted molar refractivity (Wildman–Crippen MR) is 140 cm³/mol. The Bertz CT molecular complexity index is 973. The third-order valence-electron chi connectivity index (χ3n) is 6.78. The number of hydrogen-bond acceptors (Lipinski definition) is 3. The van der Waals surface area contributed by atoms with Crippen LogP contribution in [0.15, 0.2) is 54.6 Å². The molecule has 2 aromatic carbocycles. The van der Waals surface area contributed by atoms with Crippen LogP contribution in [0.25, 0.3) is 0 Å². The largest absolute Gasteiger partial charge is 0.384 e. The van der Waals surface area contributed by atoms with Gasteiger partial charge < -0.3 is 20.3 Å². The smallest absolute Gasteiger partial charge is 0.318 e. The molecular formula is C29H40FN3O3. The molecule has 2 aromatic rings. The van der Waals surface area contributed by atoms with E-state index in [1.165, 1.54) is 17.7 Å². The van der Waals surface area contributed by atoms with Crippen molar-refractivity contribution in [3.8, 4) is 0 Å². The van der Waals surface area contributed by atoms with E-state index in [0.29, 0.717) is 38.5 Å². The number of likely N-dealkylation sites (tertiary alicyclic amines) is 1. The van der Waals surface area contributed by atoms with Crippen LogP contribution >= 0.6 is 0 Å². The Labute approximate surface area is 214 Å². The Kier molecular flexibility index (Phi) is 9.88. The fourth-order valence-electron chi connectivity index (χ4n) is 4.95. The van der Waals surface area contributed by atoms with Crippen molar-refractivity contribution in [1.29, 1.82) is 0 Å². The fraction of sp³-hybridized carbons (Fsp3) is 0.517. The zero-order valence-corrected chi connectivity index (χ0v) is 21.9. The molecule has 0 spiro atoms. The van der Waals surface area contributed by atoms with Gasteiger partial charge in [-0.25, -0.2) is 9.18 Å². The number of methoxy groups -OCH3 is 1. The van der Waals surface area contributed by atoms with Crippen LogP contribution in [0, 0.1) is 11.7 Å². The van der Waals surface area contributed by atoms with Crippen molar-refractivity contribution in [2.75, 3.05) is 26.8 Å². The second-order valence-electron chi connectivity index (χ2n) is 10.6. The molecule has 1 fully saturated rings. The zero-order valence-electron chi connectivity index (χ0n) is 21.9. The van der Waals surface area contributed by atoms with Crippen molar-refractivity contribution in [1.82, 2.24) is 15.5 Å². The molecule has 0 bridgehead atoms. The van der Waals surface area contributed by atoms with Crippen LogP contribution < -0.4 is 10.6 Å². The predicted octanol–water partition coefficient (Wildman–Crippen LogP) is 4.89. The van der Waals surface area contributed by atoms with Gasteiger partial charge >= 0.3 is 6.03 Å². The molecule has 1 unspecified atom stereocenters. The highest BCUT2D eigenvalue weighted by molar-refractivity contribution is 5.87. The molecule has 2 atom stereocenters. The number of urea groups is 1. The van der Waals surface area contributed by atoms with Crippen molar-refractivity contribution in [3.05, 3.63) is 71.5 Å². The summed E-state index contributed by atoms with van der Waals surface area (Å²) in [5.74, 6) is 0.0271. The number of halogens is 1. The highest BCUT2D eigenvalue weighted by Gasteiger charge is 2.31. The Hall–Kier alpha value is -2.93. The molecular weight excluding hydrogens is 457 g/mol. The normalized spacial score (nSPS) is 16.3. The van der Waals surface area contributed by atoms with Crippen molar-refractivity contribution < 1.29 is 18.7 Å². The van der Waals surface area contributed by atoms with Gasteiger partial charge in [-0.1, -0.05) is 49.4 Å². The summed E-state index contributed by atoms with van der Waals surface area (Å²) in [7, 11) is 1.63. The maximum absolute atomic E-state index is 13.4. The number of carbonyl (C=O) groups excluding carboxylic acids is 2. The molecule has 1 aliphatic rings. The Morgan fingerprint density at radius 2 is 1.72 bits per heavy atom. The maximum Gasteiger partial charge on any atom is 0.318 e. The minimum Gasteiger partial charge on any atom is -0.384 e. The third kappa shape index (κ3) is 8.33. The van der Waals surface area contributed by atoms with Crippen LogP contribution in [0.3, 0.4) is 0 Å². The third-order valence-corrected chi connectivity index (χ3v) is 6.78. The average molecular weight is 498 g/mol. The molecule has 1 saturated heterocycles. The van der Waals surface area contributed by atoms with Crippen molar-refractivity contribution in [2.24, 2.45) is 5.92 Å². The van der Waals surface area contributed by atoms with Gasteiger partial charge in [0.2, 0.25) is 5.91 Å². The maximum atomic E-state index is 13.4. The second kappa shape index (κ2) is 12.9. The number of amides is 3. The van der Waals surface area contributed by atoms with Gasteiger partial charge in [0.15, 0.2) is 0 Å². The van der Waals surface area contributed by atoms with Crippen LogP contribution in [0.2, 0.25) is 0 Å². The highest BCUT2D eigenvalue weighted by Crippen LogP contribution is 2.27. The minimum atomic E-state index is -0.679. The van der Waals surface area contributed by atoms with E-state index in [0.717, 1.165) is 18.4 Å². The Morgan fingerprint density at radius 1 is 1.08 bits per heavy atom. The van der Waals surface area contributed by atoms with Gasteiger partial charge in [0.25, 0.3) is 0 Å². The van der Waals surface area contributed by atoms with Gasteiger partial charge in [0.05, 0.1) is 0 Å². The van der Waals surface area contributed by atoms with Crippen molar-refractivity contribution in [2.45, 2.75) is 64.0 Å². The number of piperidine rings is 1. The molecule has 0 aromatic heterocycles. The molecule has 6 nitrogen and oxygen atoms in total. The van der Waals surface area contributed by atoms with E-state index in [2.05, 4.69) is 34.9 Å². The first kappa shape index (κ1) is 27.7. The van der Waals surface area contributed by atoms with E-state index >= 15 is 0 Å². The zero-order chi connectivity index (χ0) is 26.1. The van der Waals surface area contributed by atoms with Crippen LogP contribution in [-0.4, -0.2) is 55.2 Å². The minimum absolute atomic E-state index is 0.0927. The lowest BCUT2D eigenvalue weighted by Crippen LogP contribution is -2.57. The SMILES string of the molecule is COCC(C)C[C@H](NC(=O)N1CCC(c2ccccc2)CC1)C(=O)NC(C)(C)Cc1ccc(F)cc1. The van der Waals surface area contributed by atoms with Gasteiger partial charge in [-0.15, -0.1) is 0 Å². The quantitative estimate of drug-likeness (QED) is 0.491. The second-order valence-corrected chi connectivity index (χ2v) is 10.6. The number of rotatable bonds is 10. The molecule has 7 heteroatoms. The number of hydrogen-bond donors (Lipinski definition) is 2. The summed E-state index contributed by atoms with van der Waals surface area (Å²) in [5, 5.41) is 6.09. The molecule has 1 aliphatic heterocycles. The standard InChI is InChI=1S/C29H40FN3O3/c1-21(20-36-4)18-26(27(34)32-29(2,3)19-22-10-12-25(30)13-11-22)31-28(35)33-16-14-24(15-17-33)23-8-6-5-7-9-23/h5-13,21,24,26H,14-20H2,1-4H3,(H,31,35)(H,32,34)/t21?,26-/m0/s1. The number of nitrogens with zero attached hydrogens (tertiary/aromatic N) is 1. The van der Waals surface area contributed by atoms with Crippen LogP contribution in [-0.2, 0) is 16.0 Å².